The van der Waals surface area contributed by atoms with E-state index in [-0.39, 0.29) is 29.4 Å². The van der Waals surface area contributed by atoms with E-state index in [1.54, 1.807) is 6.07 Å². The molecule has 9 nitrogen and oxygen atoms in total. The highest BCUT2D eigenvalue weighted by Crippen LogP contribution is 2.42. The lowest BCUT2D eigenvalue weighted by Gasteiger charge is -2.25. The van der Waals surface area contributed by atoms with E-state index in [1.165, 1.54) is 6.92 Å². The van der Waals surface area contributed by atoms with Crippen LogP contribution in [0.15, 0.2) is 11.0 Å². The molecule has 0 spiro atoms. The van der Waals surface area contributed by atoms with Crippen LogP contribution in [0.25, 0.3) is 0 Å². The Morgan fingerprint density at radius 2 is 2.00 bits per heavy atom. The smallest absolute Gasteiger partial charge is 0.327 e. The standard InChI is InChI=1S/C15H18N2O7S/c1-6(18)17-10(15(23)24)5-25-11-3-7-2-9(14(21)22)16-4-8(7)12(19)13(11)20/h3,9-10,16,19-20H,2,4-5H2,1H3,(H,17,18)(H,21,22)(H,23,24)/t9-,10-/m0/s1. The van der Waals surface area contributed by atoms with Crippen LogP contribution in [0.1, 0.15) is 18.1 Å². The van der Waals surface area contributed by atoms with E-state index in [1.807, 2.05) is 0 Å². The zero-order valence-corrected chi connectivity index (χ0v) is 14.1. The van der Waals surface area contributed by atoms with E-state index in [9.17, 15) is 24.6 Å². The second-order valence-electron chi connectivity index (χ2n) is 5.59. The molecule has 2 rings (SSSR count). The van der Waals surface area contributed by atoms with Crippen LogP contribution in [0.4, 0.5) is 0 Å². The summed E-state index contributed by atoms with van der Waals surface area (Å²) in [4.78, 5) is 33.5. The van der Waals surface area contributed by atoms with Crippen LogP contribution < -0.4 is 10.6 Å². The van der Waals surface area contributed by atoms with Crippen LogP contribution >= 0.6 is 11.8 Å². The number of amides is 1. The van der Waals surface area contributed by atoms with Crippen LogP contribution in [0.3, 0.4) is 0 Å². The van der Waals surface area contributed by atoms with Gasteiger partial charge in [0.2, 0.25) is 5.91 Å². The molecular weight excluding hydrogens is 352 g/mol. The summed E-state index contributed by atoms with van der Waals surface area (Å²) in [7, 11) is 0. The van der Waals surface area contributed by atoms with Crippen LogP contribution in [-0.2, 0) is 27.3 Å². The molecule has 1 aliphatic heterocycles. The molecule has 10 heteroatoms. The van der Waals surface area contributed by atoms with E-state index in [0.29, 0.717) is 11.1 Å². The number of hydrogen-bond acceptors (Lipinski definition) is 7. The molecule has 0 saturated heterocycles. The minimum absolute atomic E-state index is 0.0681. The number of aromatic hydroxyl groups is 2. The van der Waals surface area contributed by atoms with Gasteiger partial charge in [0.15, 0.2) is 11.5 Å². The molecule has 1 aromatic carbocycles. The fourth-order valence-electron chi connectivity index (χ4n) is 2.50. The van der Waals surface area contributed by atoms with Crippen molar-refractivity contribution in [2.45, 2.75) is 36.9 Å². The second kappa shape index (κ2) is 7.62. The van der Waals surface area contributed by atoms with Gasteiger partial charge >= 0.3 is 11.9 Å². The molecule has 1 aromatic rings. The Hall–Kier alpha value is -2.46. The SMILES string of the molecule is CC(=O)N[C@@H](CSc1cc2c(c(O)c1O)CN[C@H](C(=O)O)C2)C(=O)O. The summed E-state index contributed by atoms with van der Waals surface area (Å²) in [5.74, 6) is -3.57. The van der Waals surface area contributed by atoms with Crippen molar-refractivity contribution in [2.75, 3.05) is 5.75 Å². The molecule has 25 heavy (non-hydrogen) atoms. The molecule has 0 aromatic heterocycles. The molecule has 0 aliphatic carbocycles. The fourth-order valence-corrected chi connectivity index (χ4v) is 3.53. The second-order valence-corrected chi connectivity index (χ2v) is 6.65. The summed E-state index contributed by atoms with van der Waals surface area (Å²) in [5.41, 5.74) is 0.978. The maximum absolute atomic E-state index is 11.1. The fraction of sp³-hybridized carbons (Fsp3) is 0.400. The van der Waals surface area contributed by atoms with Crippen molar-refractivity contribution in [2.24, 2.45) is 0 Å². The highest BCUT2D eigenvalue weighted by Gasteiger charge is 2.28. The van der Waals surface area contributed by atoms with E-state index < -0.39 is 35.7 Å². The van der Waals surface area contributed by atoms with Gasteiger partial charge in [0.1, 0.15) is 12.1 Å². The third-order valence-corrected chi connectivity index (χ3v) is 4.89. The zero-order valence-electron chi connectivity index (χ0n) is 13.3. The molecule has 0 saturated carbocycles. The van der Waals surface area contributed by atoms with Gasteiger partial charge in [-0.05, 0) is 18.1 Å². The Bertz CT molecular complexity index is 722. The summed E-state index contributed by atoms with van der Waals surface area (Å²) in [5, 5.41) is 43.5. The molecular formula is C15H18N2O7S. The molecule has 6 N–H and O–H groups in total. The van der Waals surface area contributed by atoms with Gasteiger partial charge in [0.05, 0.1) is 4.90 Å². The lowest BCUT2D eigenvalue weighted by atomic mass is 9.94. The third-order valence-electron chi connectivity index (χ3n) is 3.76. The maximum Gasteiger partial charge on any atom is 0.327 e. The van der Waals surface area contributed by atoms with Crippen LogP contribution in [-0.4, -0.2) is 56.1 Å². The number of hydrogen-bond donors (Lipinski definition) is 6. The number of carbonyl (C=O) groups is 3. The van der Waals surface area contributed by atoms with Gasteiger partial charge in [-0.3, -0.25) is 14.9 Å². The maximum atomic E-state index is 11.1. The number of carbonyl (C=O) groups excluding carboxylic acids is 1. The van der Waals surface area contributed by atoms with E-state index in [4.69, 9.17) is 10.2 Å². The molecule has 0 radical (unpaired) electrons. The lowest BCUT2D eigenvalue weighted by Crippen LogP contribution is -2.41. The normalized spacial score (nSPS) is 17.4. The predicted octanol–water partition coefficient (Wildman–Crippen LogP) is -0.122. The number of thioether (sulfide) groups is 1. The van der Waals surface area contributed by atoms with E-state index in [2.05, 4.69) is 10.6 Å². The molecule has 0 fully saturated rings. The Kier molecular flexibility index (Phi) is 5.75. The first-order chi connectivity index (χ1) is 11.7. The summed E-state index contributed by atoms with van der Waals surface area (Å²) in [6, 6.07) is -0.424. The van der Waals surface area contributed by atoms with Gasteiger partial charge in [-0.1, -0.05) is 0 Å². The number of rotatable bonds is 6. The third kappa shape index (κ3) is 4.34. The van der Waals surface area contributed by atoms with Gasteiger partial charge in [-0.15, -0.1) is 11.8 Å². The monoisotopic (exact) mass is 370 g/mol. The predicted molar refractivity (Wildman–Crippen MR) is 87.7 cm³/mol. The summed E-state index contributed by atoms with van der Waals surface area (Å²) in [6.45, 7) is 1.29. The first-order valence-electron chi connectivity index (χ1n) is 7.36. The number of phenols is 2. The highest BCUT2D eigenvalue weighted by atomic mass is 32.2. The van der Waals surface area contributed by atoms with Crippen molar-refractivity contribution in [3.05, 3.63) is 17.2 Å². The number of phenolic OH excluding ortho intramolecular Hbond substituents is 2. The minimum atomic E-state index is -1.22. The van der Waals surface area contributed by atoms with Gasteiger partial charge in [0, 0.05) is 24.8 Å². The number of carboxylic acid groups (broad SMARTS) is 2. The van der Waals surface area contributed by atoms with Crippen molar-refractivity contribution in [1.29, 1.82) is 0 Å². The Balaban J connectivity index is 2.23. The highest BCUT2D eigenvalue weighted by molar-refractivity contribution is 7.99. The molecule has 0 unspecified atom stereocenters. The quantitative estimate of drug-likeness (QED) is 0.297. The summed E-state index contributed by atoms with van der Waals surface area (Å²) in [6.07, 6.45) is 0.125. The van der Waals surface area contributed by atoms with E-state index >= 15 is 0 Å². The van der Waals surface area contributed by atoms with Crippen LogP contribution in [0.2, 0.25) is 0 Å². The number of fused-ring (bicyclic) bond motifs is 1. The molecule has 136 valence electrons. The van der Waals surface area contributed by atoms with Crippen LogP contribution in [0.5, 0.6) is 11.5 Å². The number of carboxylic acids is 2. The average molecular weight is 370 g/mol. The lowest BCUT2D eigenvalue weighted by molar-refractivity contribution is -0.141. The van der Waals surface area contributed by atoms with Gasteiger partial charge in [0.25, 0.3) is 0 Å². The number of nitrogens with one attached hydrogen (secondary N) is 2. The Morgan fingerprint density at radius 1 is 1.32 bits per heavy atom. The Morgan fingerprint density at radius 3 is 2.56 bits per heavy atom. The molecule has 1 aliphatic rings. The summed E-state index contributed by atoms with van der Waals surface area (Å²) >= 11 is 0.949. The van der Waals surface area contributed by atoms with Crippen molar-refractivity contribution in [3.8, 4) is 11.5 Å². The topological polar surface area (TPSA) is 156 Å². The summed E-state index contributed by atoms with van der Waals surface area (Å²) < 4.78 is 0. The minimum Gasteiger partial charge on any atom is -0.504 e. The van der Waals surface area contributed by atoms with Crippen molar-refractivity contribution in [1.82, 2.24) is 10.6 Å². The van der Waals surface area contributed by atoms with E-state index in [0.717, 1.165) is 11.8 Å². The molecule has 1 heterocycles. The molecule has 2 atom stereocenters. The van der Waals surface area contributed by atoms with Crippen molar-refractivity contribution < 1.29 is 34.8 Å². The Labute approximate surface area is 147 Å². The number of aliphatic carboxylic acids is 2. The average Bonchev–Trinajstić information content (AvgIpc) is 2.54. The largest absolute Gasteiger partial charge is 0.504 e. The van der Waals surface area contributed by atoms with Crippen molar-refractivity contribution >= 4 is 29.6 Å². The first-order valence-corrected chi connectivity index (χ1v) is 8.34. The van der Waals surface area contributed by atoms with Gasteiger partial charge < -0.3 is 25.7 Å². The molecule has 0 bridgehead atoms. The van der Waals surface area contributed by atoms with Crippen molar-refractivity contribution in [3.63, 3.8) is 0 Å². The van der Waals surface area contributed by atoms with Crippen LogP contribution in [0, 0.1) is 0 Å². The zero-order chi connectivity index (χ0) is 18.7. The number of benzene rings is 1. The molecule has 1 amide bonds. The van der Waals surface area contributed by atoms with Gasteiger partial charge in [-0.25, -0.2) is 4.79 Å². The first kappa shape index (κ1) is 18.9. The van der Waals surface area contributed by atoms with Gasteiger partial charge in [-0.2, -0.15) is 0 Å².